The third kappa shape index (κ3) is 6.97. The van der Waals surface area contributed by atoms with Gasteiger partial charge in [0.15, 0.2) is 23.1 Å². The number of nitrogens with zero attached hydrogens (tertiary/aromatic N) is 3. The lowest BCUT2D eigenvalue weighted by Gasteiger charge is -2.23. The molecule has 1 aliphatic rings. The first-order valence-electron chi connectivity index (χ1n) is 15.1. The van der Waals surface area contributed by atoms with Gasteiger partial charge in [-0.15, -0.1) is 0 Å². The Kier molecular flexibility index (Phi) is 9.33. The second-order valence-electron chi connectivity index (χ2n) is 11.0. The Balaban J connectivity index is 1.18. The van der Waals surface area contributed by atoms with Gasteiger partial charge in [-0.1, -0.05) is 36.4 Å². The number of fused-ring (bicyclic) bond motifs is 1. The minimum Gasteiger partial charge on any atom is -0.493 e. The summed E-state index contributed by atoms with van der Waals surface area (Å²) in [6.45, 7) is 5.22. The molecule has 2 aromatic heterocycles. The number of methoxy groups -OCH3 is 1. The number of aromatic nitrogens is 3. The van der Waals surface area contributed by atoms with Crippen molar-refractivity contribution in [3.8, 4) is 34.1 Å². The first kappa shape index (κ1) is 30.2. The van der Waals surface area contributed by atoms with Crippen LogP contribution >= 0.6 is 0 Å². The Morgan fingerprint density at radius 2 is 1.78 bits per heavy atom. The maximum Gasteiger partial charge on any atom is 0.261 e. The minimum absolute atomic E-state index is 0.0154. The van der Waals surface area contributed by atoms with Crippen LogP contribution in [0.2, 0.25) is 0 Å². The summed E-state index contributed by atoms with van der Waals surface area (Å²) in [7, 11) is 3.26. The van der Waals surface area contributed by atoms with E-state index in [1.54, 1.807) is 38.6 Å². The van der Waals surface area contributed by atoms with Crippen molar-refractivity contribution in [2.24, 2.45) is 7.05 Å². The molecule has 0 atom stereocenters. The van der Waals surface area contributed by atoms with Crippen LogP contribution in [0.5, 0.6) is 23.0 Å². The van der Waals surface area contributed by atoms with E-state index in [1.807, 2.05) is 36.4 Å². The van der Waals surface area contributed by atoms with Crippen molar-refractivity contribution < 1.29 is 28.2 Å². The van der Waals surface area contributed by atoms with Gasteiger partial charge < -0.3 is 23.8 Å². The molecule has 3 heterocycles. The van der Waals surface area contributed by atoms with Crippen LogP contribution in [-0.2, 0) is 18.2 Å². The zero-order valence-corrected chi connectivity index (χ0v) is 25.4. The van der Waals surface area contributed by atoms with Crippen molar-refractivity contribution >= 4 is 10.9 Å². The zero-order chi connectivity index (χ0) is 31.2. The number of hydrogen-bond donors (Lipinski definition) is 1. The van der Waals surface area contributed by atoms with Gasteiger partial charge in [0.05, 0.1) is 44.6 Å². The van der Waals surface area contributed by atoms with Crippen LogP contribution in [-0.4, -0.2) is 61.1 Å². The van der Waals surface area contributed by atoms with E-state index in [1.165, 1.54) is 27.8 Å². The second kappa shape index (κ2) is 13.9. The van der Waals surface area contributed by atoms with Crippen LogP contribution in [0.15, 0.2) is 83.9 Å². The van der Waals surface area contributed by atoms with Crippen molar-refractivity contribution in [2.45, 2.75) is 12.8 Å². The number of nitrogens with one attached hydrogen (secondary N) is 1. The molecule has 232 valence electrons. The lowest BCUT2D eigenvalue weighted by Crippen LogP contribution is -3.14. The number of benzene rings is 3. The van der Waals surface area contributed by atoms with Crippen LogP contribution in [0.25, 0.3) is 22.0 Å². The number of halogens is 1. The highest BCUT2D eigenvalue weighted by Crippen LogP contribution is 2.38. The Morgan fingerprint density at radius 1 is 0.956 bits per heavy atom. The van der Waals surface area contributed by atoms with E-state index >= 15 is 4.39 Å². The molecule has 1 saturated heterocycles. The van der Waals surface area contributed by atoms with Gasteiger partial charge in [-0.2, -0.15) is 0 Å². The molecule has 0 aliphatic carbocycles. The van der Waals surface area contributed by atoms with Gasteiger partial charge in [-0.3, -0.25) is 14.3 Å². The minimum atomic E-state index is -0.609. The zero-order valence-electron chi connectivity index (χ0n) is 25.4. The van der Waals surface area contributed by atoms with Gasteiger partial charge >= 0.3 is 0 Å². The summed E-state index contributed by atoms with van der Waals surface area (Å²) in [4.78, 5) is 23.7. The Hall–Kier alpha value is -4.80. The van der Waals surface area contributed by atoms with Gasteiger partial charge in [-0.05, 0) is 35.4 Å². The quantitative estimate of drug-likeness (QED) is 0.224. The molecule has 0 radical (unpaired) electrons. The Bertz CT molecular complexity index is 1840. The summed E-state index contributed by atoms with van der Waals surface area (Å²) in [5.41, 5.74) is 2.14. The number of ether oxygens (including phenoxy) is 4. The molecule has 0 spiro atoms. The van der Waals surface area contributed by atoms with Crippen LogP contribution in [0.1, 0.15) is 17.8 Å². The first-order valence-corrected chi connectivity index (χ1v) is 15.1. The highest BCUT2D eigenvalue weighted by Gasteiger charge is 2.17. The first-order chi connectivity index (χ1) is 22.0. The summed E-state index contributed by atoms with van der Waals surface area (Å²) in [6.07, 6.45) is 4.53. The molecule has 0 amide bonds. The van der Waals surface area contributed by atoms with E-state index in [9.17, 15) is 4.79 Å². The van der Waals surface area contributed by atoms with Crippen molar-refractivity contribution in [2.75, 3.05) is 46.6 Å². The monoisotopic (exact) mass is 611 g/mol. The summed E-state index contributed by atoms with van der Waals surface area (Å²) in [6, 6.07) is 19.5. The molecule has 3 aromatic carbocycles. The average molecular weight is 612 g/mol. The van der Waals surface area contributed by atoms with Gasteiger partial charge in [0.25, 0.3) is 5.56 Å². The lowest BCUT2D eigenvalue weighted by atomic mass is 10.1. The van der Waals surface area contributed by atoms with Gasteiger partial charge in [-0.25, -0.2) is 9.37 Å². The second-order valence-corrected chi connectivity index (χ2v) is 11.0. The average Bonchev–Trinajstić information content (AvgIpc) is 3.07. The summed E-state index contributed by atoms with van der Waals surface area (Å²) >= 11 is 0. The predicted molar refractivity (Wildman–Crippen MR) is 169 cm³/mol. The fraction of sp³-hybridized carbons (Fsp3) is 0.286. The van der Waals surface area contributed by atoms with Crippen molar-refractivity contribution in [3.63, 3.8) is 0 Å². The summed E-state index contributed by atoms with van der Waals surface area (Å²) in [5, 5.41) is 0.648. The van der Waals surface area contributed by atoms with E-state index in [0.29, 0.717) is 58.1 Å². The maximum absolute atomic E-state index is 15.4. The van der Waals surface area contributed by atoms with Gasteiger partial charge in [0.1, 0.15) is 24.7 Å². The highest BCUT2D eigenvalue weighted by molar-refractivity contribution is 5.88. The number of hydrogen-bond acceptors (Lipinski definition) is 7. The topological polar surface area (TPSA) is 89.1 Å². The molecule has 6 rings (SSSR count). The van der Waals surface area contributed by atoms with Crippen molar-refractivity contribution in [3.05, 3.63) is 107 Å². The fourth-order valence-electron chi connectivity index (χ4n) is 5.49. The van der Waals surface area contributed by atoms with Crippen molar-refractivity contribution in [1.82, 2.24) is 14.5 Å². The van der Waals surface area contributed by atoms with Crippen LogP contribution in [0, 0.1) is 5.82 Å². The standard InChI is InChI=1S/C35H35FN4O5/c1-39-34(19-24-7-4-3-5-8-24)38-23-27(35(39)41)25-9-10-31(28(36)20-25)45-30-11-12-37-29-22-33(32(42-2)21-26(29)30)44-16-6-13-40-14-17-43-18-15-40/h3-5,7-12,20-23H,6,13-19H2,1-2H3/p+1. The molecule has 45 heavy (non-hydrogen) atoms. The highest BCUT2D eigenvalue weighted by atomic mass is 19.1. The van der Waals surface area contributed by atoms with Crippen LogP contribution in [0.4, 0.5) is 4.39 Å². The lowest BCUT2D eigenvalue weighted by molar-refractivity contribution is -0.908. The summed E-state index contributed by atoms with van der Waals surface area (Å²) in [5.74, 6) is 1.57. The Labute approximate surface area is 260 Å². The molecule has 0 bridgehead atoms. The largest absolute Gasteiger partial charge is 0.493 e. The Morgan fingerprint density at radius 3 is 2.56 bits per heavy atom. The predicted octanol–water partition coefficient (Wildman–Crippen LogP) is 4.21. The number of morpholine rings is 1. The molecular formula is C35H36FN4O5+. The number of pyridine rings is 1. The molecule has 9 nitrogen and oxygen atoms in total. The van der Waals surface area contributed by atoms with Gasteiger partial charge in [0, 0.05) is 43.7 Å². The van der Waals surface area contributed by atoms with Crippen LogP contribution in [0.3, 0.4) is 0 Å². The molecule has 1 N–H and O–H groups in total. The molecule has 10 heteroatoms. The normalized spacial score (nSPS) is 13.6. The van der Waals surface area contributed by atoms with E-state index in [0.717, 1.165) is 44.8 Å². The van der Waals surface area contributed by atoms with Gasteiger partial charge in [0.2, 0.25) is 0 Å². The van der Waals surface area contributed by atoms with Crippen molar-refractivity contribution in [1.29, 1.82) is 0 Å². The molecule has 1 fully saturated rings. The summed E-state index contributed by atoms with van der Waals surface area (Å²) < 4.78 is 40.1. The third-order valence-corrected chi connectivity index (χ3v) is 8.05. The maximum atomic E-state index is 15.4. The molecular weight excluding hydrogens is 575 g/mol. The SMILES string of the molecule is COc1cc2c(Oc3ccc(-c4cnc(Cc5ccccc5)n(C)c4=O)cc3F)ccnc2cc1OCCC[NH+]1CCOCC1. The third-order valence-electron chi connectivity index (χ3n) is 8.05. The smallest absolute Gasteiger partial charge is 0.261 e. The van der Waals surface area contributed by atoms with E-state index < -0.39 is 5.82 Å². The van der Waals surface area contributed by atoms with E-state index in [4.69, 9.17) is 18.9 Å². The molecule has 0 saturated carbocycles. The van der Waals surface area contributed by atoms with E-state index in [-0.39, 0.29) is 11.3 Å². The number of quaternary nitrogens is 1. The molecule has 1 aliphatic heterocycles. The van der Waals surface area contributed by atoms with E-state index in [2.05, 4.69) is 9.97 Å². The number of rotatable bonds is 11. The van der Waals surface area contributed by atoms with Crippen LogP contribution < -0.4 is 24.7 Å². The molecule has 5 aromatic rings. The fourth-order valence-corrected chi connectivity index (χ4v) is 5.49. The molecule has 0 unspecified atom stereocenters.